The molecule has 0 radical (unpaired) electrons. The molecule has 56 valence electrons. The highest BCUT2D eigenvalue weighted by molar-refractivity contribution is 9.10. The van der Waals surface area contributed by atoms with Crippen LogP contribution in [0.15, 0.2) is 16.9 Å². The number of aromatic amines is 1. The highest BCUT2D eigenvalue weighted by Crippen LogP contribution is 2.12. The first-order valence-electron chi connectivity index (χ1n) is 3.23. The molecule has 4 heteroatoms. The number of halogens is 1. The van der Waals surface area contributed by atoms with E-state index in [1.54, 1.807) is 6.20 Å². The third-order valence-corrected chi connectivity index (χ3v) is 1.82. The van der Waals surface area contributed by atoms with Gasteiger partial charge in [-0.05, 0) is 28.9 Å². The molecule has 2 aromatic heterocycles. The van der Waals surface area contributed by atoms with Gasteiger partial charge >= 0.3 is 0 Å². The summed E-state index contributed by atoms with van der Waals surface area (Å²) < 4.78 is 0.756. The fourth-order valence-electron chi connectivity index (χ4n) is 1.00. The van der Waals surface area contributed by atoms with Gasteiger partial charge in [-0.1, -0.05) is 0 Å². The molecule has 0 unspecified atom stereocenters. The zero-order valence-electron chi connectivity index (χ0n) is 5.93. The molecule has 0 amide bonds. The molecule has 0 fully saturated rings. The second-order valence-electron chi connectivity index (χ2n) is 2.38. The fraction of sp³-hybridized carbons (Fsp3) is 0.143. The summed E-state index contributed by atoms with van der Waals surface area (Å²) in [7, 11) is 0. The van der Waals surface area contributed by atoms with E-state index in [4.69, 9.17) is 0 Å². The third-order valence-electron chi connectivity index (χ3n) is 1.44. The summed E-state index contributed by atoms with van der Waals surface area (Å²) in [6.07, 6.45) is 1.69. The second kappa shape index (κ2) is 2.30. The maximum Gasteiger partial charge on any atom is 0.157 e. The number of hydrogen-bond donors (Lipinski definition) is 1. The van der Waals surface area contributed by atoms with Gasteiger partial charge in [0, 0.05) is 5.69 Å². The number of hydrogen-bond acceptors (Lipinski definition) is 2. The molecule has 0 aliphatic heterocycles. The van der Waals surface area contributed by atoms with Gasteiger partial charge in [-0.3, -0.25) is 4.98 Å². The third kappa shape index (κ3) is 1.14. The van der Waals surface area contributed by atoms with Crippen LogP contribution in [0, 0.1) is 6.92 Å². The van der Waals surface area contributed by atoms with Gasteiger partial charge in [0.25, 0.3) is 0 Å². The lowest BCUT2D eigenvalue weighted by molar-refractivity contribution is 1.20. The van der Waals surface area contributed by atoms with E-state index in [1.165, 1.54) is 0 Å². The average molecular weight is 212 g/mol. The Bertz CT molecular complexity index is 393. The molecule has 0 atom stereocenters. The average Bonchev–Trinajstić information content (AvgIpc) is 2.27. The van der Waals surface area contributed by atoms with Gasteiger partial charge in [-0.25, -0.2) is 4.98 Å². The minimum atomic E-state index is 0.756. The Balaban J connectivity index is 2.82. The molecule has 1 N–H and O–H groups in total. The van der Waals surface area contributed by atoms with Crippen LogP contribution in [0.5, 0.6) is 0 Å². The SMILES string of the molecule is Cc1cc2ncc(Br)nc2[nH]1. The van der Waals surface area contributed by atoms with Crippen molar-refractivity contribution in [2.75, 3.05) is 0 Å². The van der Waals surface area contributed by atoms with Crippen LogP contribution in [-0.2, 0) is 0 Å². The molecule has 2 rings (SSSR count). The highest BCUT2D eigenvalue weighted by atomic mass is 79.9. The summed E-state index contributed by atoms with van der Waals surface area (Å²) in [5, 5.41) is 0. The zero-order chi connectivity index (χ0) is 7.84. The summed E-state index contributed by atoms with van der Waals surface area (Å²) in [6.45, 7) is 1.98. The maximum atomic E-state index is 4.20. The molecule has 0 aliphatic carbocycles. The van der Waals surface area contributed by atoms with Crippen LogP contribution in [0.3, 0.4) is 0 Å². The standard InChI is InChI=1S/C7H6BrN3/c1-4-2-5-7(10-4)11-6(8)3-9-5/h2-3H,1H3,(H,10,11). The van der Waals surface area contributed by atoms with E-state index in [0.717, 1.165) is 21.5 Å². The summed E-state index contributed by atoms with van der Waals surface area (Å²) in [6, 6.07) is 1.97. The fourth-order valence-corrected chi connectivity index (χ4v) is 1.28. The quantitative estimate of drug-likeness (QED) is 0.725. The van der Waals surface area contributed by atoms with Crippen molar-refractivity contribution in [3.63, 3.8) is 0 Å². The Morgan fingerprint density at radius 2 is 2.36 bits per heavy atom. The van der Waals surface area contributed by atoms with Crippen LogP contribution >= 0.6 is 15.9 Å². The lowest BCUT2D eigenvalue weighted by atomic mass is 10.4. The summed E-state index contributed by atoms with van der Waals surface area (Å²) in [5.74, 6) is 0. The molecule has 2 heterocycles. The normalized spacial score (nSPS) is 10.7. The van der Waals surface area contributed by atoms with E-state index in [1.807, 2.05) is 13.0 Å². The molecule has 0 aromatic carbocycles. The second-order valence-corrected chi connectivity index (χ2v) is 3.19. The number of aryl methyl sites for hydroxylation is 1. The zero-order valence-corrected chi connectivity index (χ0v) is 7.51. The minimum Gasteiger partial charge on any atom is -0.342 e. The lowest BCUT2D eigenvalue weighted by Crippen LogP contribution is -1.80. The number of nitrogens with zero attached hydrogens (tertiary/aromatic N) is 2. The number of rotatable bonds is 0. The summed E-state index contributed by atoms with van der Waals surface area (Å²) in [5.41, 5.74) is 2.82. The van der Waals surface area contributed by atoms with Crippen molar-refractivity contribution < 1.29 is 0 Å². The van der Waals surface area contributed by atoms with E-state index >= 15 is 0 Å². The van der Waals surface area contributed by atoms with Crippen LogP contribution in [0.25, 0.3) is 11.2 Å². The molecule has 0 saturated carbocycles. The largest absolute Gasteiger partial charge is 0.342 e. The van der Waals surface area contributed by atoms with Crippen molar-refractivity contribution in [3.8, 4) is 0 Å². The first-order chi connectivity index (χ1) is 5.25. The van der Waals surface area contributed by atoms with Crippen molar-refractivity contribution in [2.45, 2.75) is 6.92 Å². The van der Waals surface area contributed by atoms with Gasteiger partial charge in [-0.2, -0.15) is 0 Å². The molecular weight excluding hydrogens is 206 g/mol. The molecule has 3 nitrogen and oxygen atoms in total. The molecule has 0 bridgehead atoms. The maximum absolute atomic E-state index is 4.20. The Morgan fingerprint density at radius 3 is 3.18 bits per heavy atom. The summed E-state index contributed by atoms with van der Waals surface area (Å²) in [4.78, 5) is 11.5. The molecule has 0 spiro atoms. The van der Waals surface area contributed by atoms with Crippen molar-refractivity contribution in [1.82, 2.24) is 15.0 Å². The number of aromatic nitrogens is 3. The van der Waals surface area contributed by atoms with Crippen LogP contribution in [-0.4, -0.2) is 15.0 Å². The van der Waals surface area contributed by atoms with E-state index in [2.05, 4.69) is 30.9 Å². The van der Waals surface area contributed by atoms with Crippen molar-refractivity contribution >= 4 is 27.1 Å². The highest BCUT2D eigenvalue weighted by Gasteiger charge is 1.99. The van der Waals surface area contributed by atoms with Gasteiger partial charge in [0.1, 0.15) is 10.1 Å². The Kier molecular flexibility index (Phi) is 1.42. The van der Waals surface area contributed by atoms with E-state index in [9.17, 15) is 0 Å². The number of nitrogens with one attached hydrogen (secondary N) is 1. The smallest absolute Gasteiger partial charge is 0.157 e. The molecule has 11 heavy (non-hydrogen) atoms. The van der Waals surface area contributed by atoms with Crippen molar-refractivity contribution in [2.24, 2.45) is 0 Å². The van der Waals surface area contributed by atoms with E-state index < -0.39 is 0 Å². The molecular formula is C7H6BrN3. The summed E-state index contributed by atoms with van der Waals surface area (Å²) >= 11 is 3.25. The molecule has 2 aromatic rings. The predicted molar refractivity (Wildman–Crippen MR) is 46.3 cm³/mol. The predicted octanol–water partition coefficient (Wildman–Crippen LogP) is 2.03. The van der Waals surface area contributed by atoms with E-state index in [-0.39, 0.29) is 0 Å². The Morgan fingerprint density at radius 1 is 1.55 bits per heavy atom. The van der Waals surface area contributed by atoms with E-state index in [0.29, 0.717) is 0 Å². The van der Waals surface area contributed by atoms with Crippen LogP contribution in [0.2, 0.25) is 0 Å². The van der Waals surface area contributed by atoms with Gasteiger partial charge in [-0.15, -0.1) is 0 Å². The first-order valence-corrected chi connectivity index (χ1v) is 4.03. The number of H-pyrrole nitrogens is 1. The van der Waals surface area contributed by atoms with Gasteiger partial charge in [0.15, 0.2) is 5.65 Å². The van der Waals surface area contributed by atoms with Crippen LogP contribution in [0.4, 0.5) is 0 Å². The van der Waals surface area contributed by atoms with Crippen molar-refractivity contribution in [3.05, 3.63) is 22.6 Å². The molecule has 0 aliphatic rings. The minimum absolute atomic E-state index is 0.756. The van der Waals surface area contributed by atoms with Crippen LogP contribution in [0.1, 0.15) is 5.69 Å². The van der Waals surface area contributed by atoms with Gasteiger partial charge in [0.2, 0.25) is 0 Å². The topological polar surface area (TPSA) is 41.6 Å². The monoisotopic (exact) mass is 211 g/mol. The first kappa shape index (κ1) is 6.79. The molecule has 0 saturated heterocycles. The Labute approximate surface area is 72.0 Å². The van der Waals surface area contributed by atoms with Gasteiger partial charge in [0.05, 0.1) is 6.20 Å². The van der Waals surface area contributed by atoms with Crippen LogP contribution < -0.4 is 0 Å². The lowest BCUT2D eigenvalue weighted by Gasteiger charge is -1.87. The Hall–Kier alpha value is -0.900. The number of fused-ring (bicyclic) bond motifs is 1. The van der Waals surface area contributed by atoms with Crippen molar-refractivity contribution in [1.29, 1.82) is 0 Å². The van der Waals surface area contributed by atoms with Gasteiger partial charge < -0.3 is 4.98 Å².